The quantitative estimate of drug-likeness (QED) is 0.443. The lowest BCUT2D eigenvalue weighted by molar-refractivity contribution is 0.0642. The van der Waals surface area contributed by atoms with E-state index in [2.05, 4.69) is 47.9 Å². The third-order valence-corrected chi connectivity index (χ3v) is 7.42. The topological polar surface area (TPSA) is 62.3 Å². The number of rotatable bonds is 7. The van der Waals surface area contributed by atoms with Gasteiger partial charge in [-0.05, 0) is 49.2 Å². The summed E-state index contributed by atoms with van der Waals surface area (Å²) in [5.41, 5.74) is 3.90. The highest BCUT2D eigenvalue weighted by molar-refractivity contribution is 6.23. The number of hydrogen-bond donors (Lipinski definition) is 0. The molecule has 2 amide bonds. The number of methoxy groups -OCH3 is 2. The number of ether oxygens (including phenoxy) is 2. The molecule has 0 aliphatic carbocycles. The number of nitrogens with zero attached hydrogens (tertiary/aromatic N) is 3. The fourth-order valence-electron chi connectivity index (χ4n) is 5.54. The molecule has 7 nitrogen and oxygen atoms in total. The van der Waals surface area contributed by atoms with Gasteiger partial charge in [-0.3, -0.25) is 19.4 Å². The second-order valence-electron chi connectivity index (χ2n) is 9.85. The maximum Gasteiger partial charge on any atom is 0.263 e. The van der Waals surface area contributed by atoms with Crippen LogP contribution >= 0.6 is 0 Å². The number of fused-ring (bicyclic) bond motifs is 1. The molecule has 0 bridgehead atoms. The number of carbonyl (C=O) groups is 2. The molecule has 1 fully saturated rings. The average molecular weight is 500 g/mol. The normalized spacial score (nSPS) is 19.8. The van der Waals surface area contributed by atoms with E-state index in [1.807, 2.05) is 24.3 Å². The van der Waals surface area contributed by atoms with E-state index in [1.54, 1.807) is 32.4 Å². The van der Waals surface area contributed by atoms with Crippen molar-refractivity contribution in [1.29, 1.82) is 0 Å². The van der Waals surface area contributed by atoms with Gasteiger partial charge >= 0.3 is 0 Å². The Labute approximate surface area is 218 Å². The van der Waals surface area contributed by atoms with Crippen LogP contribution in [0, 0.1) is 0 Å². The predicted molar refractivity (Wildman–Crippen MR) is 143 cm³/mol. The van der Waals surface area contributed by atoms with E-state index in [-0.39, 0.29) is 30.4 Å². The lowest BCUT2D eigenvalue weighted by Gasteiger charge is -2.45. The van der Waals surface area contributed by atoms with Crippen LogP contribution in [-0.4, -0.2) is 61.0 Å². The Balaban J connectivity index is 1.37. The fourth-order valence-corrected chi connectivity index (χ4v) is 5.54. The van der Waals surface area contributed by atoms with Crippen LogP contribution in [0.2, 0.25) is 0 Å². The molecule has 1 saturated heterocycles. The SMILES string of the molecule is COc1ccc(CN2C(=O)c3cccc(N4CC(C)N(Cc5ccccc5)C(C)C4)c3C2=O)cc1OC. The smallest absolute Gasteiger partial charge is 0.263 e. The number of piperazine rings is 1. The summed E-state index contributed by atoms with van der Waals surface area (Å²) in [7, 11) is 3.14. The molecule has 7 heteroatoms. The van der Waals surface area contributed by atoms with Gasteiger partial charge in [-0.2, -0.15) is 0 Å². The Morgan fingerprint density at radius 3 is 2.14 bits per heavy atom. The molecule has 0 spiro atoms. The minimum Gasteiger partial charge on any atom is -0.493 e. The molecule has 2 heterocycles. The molecule has 3 aromatic carbocycles. The summed E-state index contributed by atoms with van der Waals surface area (Å²) in [4.78, 5) is 33.1. The molecule has 3 aromatic rings. The van der Waals surface area contributed by atoms with Crippen LogP contribution in [0.15, 0.2) is 66.7 Å². The summed E-state index contributed by atoms with van der Waals surface area (Å²) in [5, 5.41) is 0. The van der Waals surface area contributed by atoms with Gasteiger partial charge in [-0.15, -0.1) is 0 Å². The van der Waals surface area contributed by atoms with Gasteiger partial charge in [0.15, 0.2) is 11.5 Å². The Bertz CT molecular complexity index is 1300. The maximum atomic E-state index is 13.6. The Kier molecular flexibility index (Phi) is 6.89. The molecular weight excluding hydrogens is 466 g/mol. The maximum absolute atomic E-state index is 13.6. The lowest BCUT2D eigenvalue weighted by Crippen LogP contribution is -2.56. The van der Waals surface area contributed by atoms with Gasteiger partial charge in [0.2, 0.25) is 0 Å². The first-order chi connectivity index (χ1) is 17.9. The van der Waals surface area contributed by atoms with Crippen molar-refractivity contribution in [2.24, 2.45) is 0 Å². The number of amides is 2. The molecule has 2 aliphatic rings. The van der Waals surface area contributed by atoms with Crippen LogP contribution in [0.25, 0.3) is 0 Å². The molecule has 0 aromatic heterocycles. The first-order valence-electron chi connectivity index (χ1n) is 12.7. The van der Waals surface area contributed by atoms with Crippen molar-refractivity contribution >= 4 is 17.5 Å². The summed E-state index contributed by atoms with van der Waals surface area (Å²) in [6.07, 6.45) is 0. The summed E-state index contributed by atoms with van der Waals surface area (Å²) < 4.78 is 10.7. The van der Waals surface area contributed by atoms with E-state index in [0.29, 0.717) is 22.6 Å². The third kappa shape index (κ3) is 4.67. The minimum absolute atomic E-state index is 0.170. The van der Waals surface area contributed by atoms with Crippen molar-refractivity contribution in [2.45, 2.75) is 39.0 Å². The van der Waals surface area contributed by atoms with Crippen LogP contribution in [0.3, 0.4) is 0 Å². The second-order valence-corrected chi connectivity index (χ2v) is 9.85. The standard InChI is InChI=1S/C30H33N3O4/c1-20-16-31(17-21(2)32(20)18-22-9-6-5-7-10-22)25-12-8-11-24-28(25)30(35)33(29(24)34)19-23-13-14-26(36-3)27(15-23)37-4/h5-15,20-21H,16-19H2,1-4H3. The highest BCUT2D eigenvalue weighted by atomic mass is 16.5. The monoisotopic (exact) mass is 499 g/mol. The molecule has 2 unspecified atom stereocenters. The Morgan fingerprint density at radius 1 is 0.757 bits per heavy atom. The van der Waals surface area contributed by atoms with Crippen LogP contribution in [-0.2, 0) is 13.1 Å². The van der Waals surface area contributed by atoms with Crippen molar-refractivity contribution in [3.05, 3.63) is 89.0 Å². The number of imide groups is 1. The zero-order valence-electron chi connectivity index (χ0n) is 21.8. The Morgan fingerprint density at radius 2 is 1.46 bits per heavy atom. The van der Waals surface area contributed by atoms with Gasteiger partial charge in [-0.25, -0.2) is 0 Å². The second kappa shape index (κ2) is 10.3. The summed E-state index contributed by atoms with van der Waals surface area (Å²) in [5.74, 6) is 0.650. The number of benzene rings is 3. The largest absolute Gasteiger partial charge is 0.493 e. The number of carbonyl (C=O) groups excluding carboxylic acids is 2. The summed E-state index contributed by atoms with van der Waals surface area (Å²) in [6.45, 7) is 7.08. The van der Waals surface area contributed by atoms with Gasteiger partial charge in [0.05, 0.1) is 37.6 Å². The molecule has 37 heavy (non-hydrogen) atoms. The predicted octanol–water partition coefficient (Wildman–Crippen LogP) is 4.60. The third-order valence-electron chi connectivity index (χ3n) is 7.42. The van der Waals surface area contributed by atoms with Gasteiger partial charge in [0.1, 0.15) is 0 Å². The van der Waals surface area contributed by atoms with Crippen molar-refractivity contribution in [3.8, 4) is 11.5 Å². The van der Waals surface area contributed by atoms with E-state index in [4.69, 9.17) is 9.47 Å². The highest BCUT2D eigenvalue weighted by Crippen LogP contribution is 2.35. The van der Waals surface area contributed by atoms with Gasteiger partial charge in [0, 0.05) is 31.7 Å². The van der Waals surface area contributed by atoms with Crippen molar-refractivity contribution in [1.82, 2.24) is 9.80 Å². The lowest BCUT2D eigenvalue weighted by atomic mass is 10.0. The van der Waals surface area contributed by atoms with E-state index >= 15 is 0 Å². The number of anilines is 1. The van der Waals surface area contributed by atoms with Gasteiger partial charge in [0.25, 0.3) is 11.8 Å². The van der Waals surface area contributed by atoms with Crippen LogP contribution < -0.4 is 14.4 Å². The van der Waals surface area contributed by atoms with Gasteiger partial charge in [-0.1, -0.05) is 42.5 Å². The molecule has 2 atom stereocenters. The summed E-state index contributed by atoms with van der Waals surface area (Å²) >= 11 is 0. The molecule has 0 saturated carbocycles. The Hall–Kier alpha value is -3.84. The fraction of sp³-hybridized carbons (Fsp3) is 0.333. The molecular formula is C30H33N3O4. The molecule has 2 aliphatic heterocycles. The number of hydrogen-bond acceptors (Lipinski definition) is 6. The summed E-state index contributed by atoms with van der Waals surface area (Å²) in [6, 6.07) is 22.1. The van der Waals surface area contributed by atoms with E-state index < -0.39 is 0 Å². The first-order valence-corrected chi connectivity index (χ1v) is 12.7. The van der Waals surface area contributed by atoms with Gasteiger partial charge < -0.3 is 14.4 Å². The van der Waals surface area contributed by atoms with Crippen molar-refractivity contribution < 1.29 is 19.1 Å². The van der Waals surface area contributed by atoms with E-state index in [0.717, 1.165) is 30.9 Å². The average Bonchev–Trinajstić information content (AvgIpc) is 3.16. The van der Waals surface area contributed by atoms with E-state index in [9.17, 15) is 9.59 Å². The molecule has 5 rings (SSSR count). The van der Waals surface area contributed by atoms with Crippen LogP contribution in [0.5, 0.6) is 11.5 Å². The first kappa shape index (κ1) is 24.8. The molecule has 192 valence electrons. The highest BCUT2D eigenvalue weighted by Gasteiger charge is 2.40. The zero-order chi connectivity index (χ0) is 26.1. The van der Waals surface area contributed by atoms with E-state index in [1.165, 1.54) is 10.5 Å². The van der Waals surface area contributed by atoms with Crippen molar-refractivity contribution in [2.75, 3.05) is 32.2 Å². The van der Waals surface area contributed by atoms with Crippen LogP contribution in [0.4, 0.5) is 5.69 Å². The minimum atomic E-state index is -0.263. The van der Waals surface area contributed by atoms with Crippen LogP contribution in [0.1, 0.15) is 45.7 Å². The molecule has 0 N–H and O–H groups in total. The molecule has 0 radical (unpaired) electrons. The zero-order valence-corrected chi connectivity index (χ0v) is 21.8. The van der Waals surface area contributed by atoms with Crippen molar-refractivity contribution in [3.63, 3.8) is 0 Å².